The van der Waals surface area contributed by atoms with Crippen LogP contribution in [0.25, 0.3) is 0 Å². The van der Waals surface area contributed by atoms with Crippen LogP contribution in [0, 0.1) is 0 Å². The number of hydrogen-bond acceptors (Lipinski definition) is 6. The molecule has 27 heavy (non-hydrogen) atoms. The molecule has 0 saturated carbocycles. The van der Waals surface area contributed by atoms with Crippen LogP contribution in [0.1, 0.15) is 20.8 Å². The van der Waals surface area contributed by atoms with E-state index in [2.05, 4.69) is 0 Å². The van der Waals surface area contributed by atoms with Gasteiger partial charge in [-0.3, -0.25) is 0 Å². The molecule has 11 heteroatoms. The first-order chi connectivity index (χ1) is 11.3. The van der Waals surface area contributed by atoms with Gasteiger partial charge >= 0.3 is 59.1 Å². The number of benzene rings is 2. The minimum atomic E-state index is -4.60. The van der Waals surface area contributed by atoms with Crippen LogP contribution in [0.2, 0.25) is 0 Å². The summed E-state index contributed by atoms with van der Waals surface area (Å²) in [5.74, 6) is 0. The summed E-state index contributed by atoms with van der Waals surface area (Å²) >= 11 is 0. The average Bonchev–Trinajstić information content (AvgIpc) is 2.45. The van der Waals surface area contributed by atoms with Crippen molar-refractivity contribution in [1.82, 2.24) is 0 Å². The first-order valence-corrected chi connectivity index (χ1v) is 11.4. The summed E-state index contributed by atoms with van der Waals surface area (Å²) in [6.07, 6.45) is 0. The maximum atomic E-state index is 11.3. The summed E-state index contributed by atoms with van der Waals surface area (Å²) in [6.45, 7) is 5.78. The Morgan fingerprint density at radius 2 is 1.07 bits per heavy atom. The fourth-order valence-electron chi connectivity index (χ4n) is 2.48. The van der Waals surface area contributed by atoms with E-state index in [4.69, 9.17) is 0 Å². The van der Waals surface area contributed by atoms with E-state index in [1.807, 2.05) is 20.8 Å². The van der Waals surface area contributed by atoms with Crippen molar-refractivity contribution < 1.29 is 85.1 Å². The second-order valence-corrected chi connectivity index (χ2v) is 12.2. The molecule has 2 rings (SSSR count). The number of hydrogen-bond donors (Lipinski definition) is 0. The van der Waals surface area contributed by atoms with Gasteiger partial charge in [0, 0.05) is 0 Å². The molecule has 2 aromatic rings. The smallest absolute Gasteiger partial charge is 0.744 e. The van der Waals surface area contributed by atoms with Gasteiger partial charge in [-0.15, -0.1) is 0 Å². The first-order valence-electron chi connectivity index (χ1n) is 7.22. The van der Waals surface area contributed by atoms with Crippen molar-refractivity contribution in [2.75, 3.05) is 0 Å². The van der Waals surface area contributed by atoms with Crippen molar-refractivity contribution in [2.24, 2.45) is 0 Å². The molecule has 0 aliphatic carbocycles. The van der Waals surface area contributed by atoms with Gasteiger partial charge in [-0.05, 0) is 48.0 Å². The van der Waals surface area contributed by atoms with Crippen molar-refractivity contribution in [3.8, 4) is 0 Å². The van der Waals surface area contributed by atoms with Gasteiger partial charge in [0.2, 0.25) is 0 Å². The molecule has 0 bridgehead atoms. The molecule has 0 aliphatic rings. The van der Waals surface area contributed by atoms with E-state index >= 15 is 0 Å². The Labute approximate surface area is 206 Å². The van der Waals surface area contributed by atoms with Crippen LogP contribution in [-0.4, -0.2) is 31.1 Å². The van der Waals surface area contributed by atoms with Crippen molar-refractivity contribution in [1.29, 1.82) is 0 Å². The Bertz CT molecular complexity index is 926. The molecule has 0 saturated heterocycles. The van der Waals surface area contributed by atoms with E-state index in [-0.39, 0.29) is 74.1 Å². The molecule has 0 unspecified atom stereocenters. The molecule has 2 aromatic carbocycles. The summed E-state index contributed by atoms with van der Waals surface area (Å²) in [7, 11) is -10.4. The summed E-state index contributed by atoms with van der Waals surface area (Å²) in [5, 5.41) is 0.853. The van der Waals surface area contributed by atoms with Gasteiger partial charge in [0.1, 0.15) is 20.2 Å². The molecule has 0 N–H and O–H groups in total. The van der Waals surface area contributed by atoms with E-state index in [9.17, 15) is 25.9 Å². The van der Waals surface area contributed by atoms with Gasteiger partial charge in [-0.25, -0.2) is 16.8 Å². The SMILES string of the molecule is CC(C)(C)P(c1cccc(S(=O)(=O)[O-])c1)c1cccc(S(=O)(=O)[O-])c1.[Na+].[Na+]. The summed E-state index contributed by atoms with van der Waals surface area (Å²) in [6, 6.07) is 11.4. The van der Waals surface area contributed by atoms with Gasteiger partial charge in [0.15, 0.2) is 0 Å². The third-order valence-corrected chi connectivity index (χ3v) is 7.99. The minimum Gasteiger partial charge on any atom is -0.744 e. The van der Waals surface area contributed by atoms with Crippen LogP contribution < -0.4 is 69.7 Å². The van der Waals surface area contributed by atoms with Crippen LogP contribution >= 0.6 is 7.92 Å². The third-order valence-electron chi connectivity index (χ3n) is 3.40. The molecule has 0 amide bonds. The van der Waals surface area contributed by atoms with Gasteiger partial charge in [0.25, 0.3) is 0 Å². The van der Waals surface area contributed by atoms with Crippen LogP contribution in [0.15, 0.2) is 58.3 Å². The molecule has 136 valence electrons. The molecule has 0 atom stereocenters. The van der Waals surface area contributed by atoms with Gasteiger partial charge in [-0.1, -0.05) is 45.0 Å². The molecular formula is C16H17Na2O6PS2. The molecule has 6 nitrogen and oxygen atoms in total. The molecule has 0 spiro atoms. The van der Waals surface area contributed by atoms with Crippen molar-refractivity contribution in [3.63, 3.8) is 0 Å². The van der Waals surface area contributed by atoms with Gasteiger partial charge in [-0.2, -0.15) is 0 Å². The Morgan fingerprint density at radius 3 is 1.33 bits per heavy atom. The molecule has 0 aliphatic heterocycles. The second-order valence-electron chi connectivity index (χ2n) is 6.41. The zero-order chi connectivity index (χ0) is 19.0. The Kier molecular flexibility index (Phi) is 10.4. The molecular weight excluding hydrogens is 429 g/mol. The summed E-state index contributed by atoms with van der Waals surface area (Å²) in [4.78, 5) is -0.677. The Balaban J connectivity index is 0.00000338. The van der Waals surface area contributed by atoms with E-state index < -0.39 is 28.2 Å². The monoisotopic (exact) mass is 446 g/mol. The summed E-state index contributed by atoms with van der Waals surface area (Å²) in [5.41, 5.74) is 0. The van der Waals surface area contributed by atoms with Crippen LogP contribution in [-0.2, 0) is 20.2 Å². The molecule has 0 aromatic heterocycles. The van der Waals surface area contributed by atoms with E-state index in [0.717, 1.165) is 0 Å². The second kappa shape index (κ2) is 10.1. The Hall–Kier alpha value is 0.690. The number of rotatable bonds is 4. The molecule has 0 radical (unpaired) electrons. The van der Waals surface area contributed by atoms with E-state index in [1.165, 1.54) is 36.4 Å². The molecule has 0 heterocycles. The first kappa shape index (κ1) is 27.7. The van der Waals surface area contributed by atoms with Crippen molar-refractivity contribution >= 4 is 38.8 Å². The zero-order valence-corrected chi connectivity index (χ0v) is 22.4. The predicted octanol–water partition coefficient (Wildman–Crippen LogP) is -4.27. The normalized spacial score (nSPS) is 12.2. The maximum Gasteiger partial charge on any atom is 1.00 e. The Morgan fingerprint density at radius 1 is 0.741 bits per heavy atom. The van der Waals surface area contributed by atoms with Gasteiger partial charge in [0.05, 0.1) is 9.79 Å². The average molecular weight is 446 g/mol. The predicted molar refractivity (Wildman–Crippen MR) is 94.8 cm³/mol. The standard InChI is InChI=1S/C16H19O6PS2.2Na/c1-16(2,3)23(12-6-4-8-14(10-12)24(17,18)19)13-7-5-9-15(11-13)25(20,21)22;;/h4-11H,1-3H3,(H,17,18,19)(H,20,21,22);;/q;2*+1/p-2. The summed E-state index contributed by atoms with van der Waals surface area (Å²) < 4.78 is 67.9. The maximum absolute atomic E-state index is 11.3. The van der Waals surface area contributed by atoms with E-state index in [0.29, 0.717) is 10.6 Å². The van der Waals surface area contributed by atoms with Crippen molar-refractivity contribution in [3.05, 3.63) is 48.5 Å². The van der Waals surface area contributed by atoms with Crippen molar-refractivity contribution in [2.45, 2.75) is 35.7 Å². The minimum absolute atomic E-state index is 0. The molecule has 0 fully saturated rings. The van der Waals surface area contributed by atoms with Crippen LogP contribution in [0.3, 0.4) is 0 Å². The fraction of sp³-hybridized carbons (Fsp3) is 0.250. The third kappa shape index (κ3) is 7.46. The van der Waals surface area contributed by atoms with Gasteiger partial charge < -0.3 is 9.11 Å². The quantitative estimate of drug-likeness (QED) is 0.267. The van der Waals surface area contributed by atoms with Crippen LogP contribution in [0.5, 0.6) is 0 Å². The van der Waals surface area contributed by atoms with Crippen LogP contribution in [0.4, 0.5) is 0 Å². The largest absolute Gasteiger partial charge is 1.00 e. The van der Waals surface area contributed by atoms with E-state index in [1.54, 1.807) is 12.1 Å². The zero-order valence-electron chi connectivity index (χ0n) is 15.8. The fourth-order valence-corrected chi connectivity index (χ4v) is 6.54. The topological polar surface area (TPSA) is 114 Å².